The summed E-state index contributed by atoms with van der Waals surface area (Å²) in [4.78, 5) is 18.2. The van der Waals surface area contributed by atoms with Gasteiger partial charge in [0.1, 0.15) is 5.82 Å². The number of nitrogens with one attached hydrogen (secondary N) is 2. The molecule has 2 unspecified atom stereocenters. The van der Waals surface area contributed by atoms with Crippen LogP contribution >= 0.6 is 0 Å². The molecule has 1 aliphatic rings. The molecular weight excluding hydrogens is 335 g/mol. The maximum atomic E-state index is 13.1. The Morgan fingerprint density at radius 2 is 2.08 bits per heavy atom. The SMILES string of the molecule is CN=C(NCC(OC)c1ccc(F)cc1)NC1CCN(C(=O)C(C)C)C1. The normalized spacial score (nSPS) is 18.9. The van der Waals surface area contributed by atoms with Crippen molar-refractivity contribution >= 4 is 11.9 Å². The average molecular weight is 364 g/mol. The molecule has 7 heteroatoms. The van der Waals surface area contributed by atoms with Gasteiger partial charge in [-0.05, 0) is 24.1 Å². The minimum absolute atomic E-state index is 0.0179. The summed E-state index contributed by atoms with van der Waals surface area (Å²) in [7, 11) is 3.33. The minimum Gasteiger partial charge on any atom is -0.375 e. The standard InChI is InChI=1S/C19H29FN4O2/c1-13(2)18(25)24-10-9-16(12-24)23-19(21-3)22-11-17(26-4)14-5-7-15(20)8-6-14/h5-8,13,16-17H,9-12H2,1-4H3,(H2,21,22,23). The number of methoxy groups -OCH3 is 1. The van der Waals surface area contributed by atoms with Crippen molar-refractivity contribution in [2.45, 2.75) is 32.4 Å². The maximum Gasteiger partial charge on any atom is 0.225 e. The first-order valence-corrected chi connectivity index (χ1v) is 8.98. The number of hydrogen-bond acceptors (Lipinski definition) is 3. The van der Waals surface area contributed by atoms with Crippen LogP contribution in [0.4, 0.5) is 4.39 Å². The van der Waals surface area contributed by atoms with Gasteiger partial charge in [-0.15, -0.1) is 0 Å². The lowest BCUT2D eigenvalue weighted by atomic mass is 10.1. The van der Waals surface area contributed by atoms with Crippen LogP contribution in [0, 0.1) is 11.7 Å². The number of hydrogen-bond donors (Lipinski definition) is 2. The third kappa shape index (κ3) is 5.42. The molecule has 1 fully saturated rings. The van der Waals surface area contributed by atoms with Gasteiger partial charge < -0.3 is 20.3 Å². The van der Waals surface area contributed by atoms with E-state index in [1.165, 1.54) is 12.1 Å². The fourth-order valence-electron chi connectivity index (χ4n) is 3.04. The first-order valence-electron chi connectivity index (χ1n) is 8.98. The number of ether oxygens (including phenoxy) is 1. The molecule has 0 aliphatic carbocycles. The van der Waals surface area contributed by atoms with Gasteiger partial charge in [-0.1, -0.05) is 26.0 Å². The Morgan fingerprint density at radius 3 is 2.65 bits per heavy atom. The summed E-state index contributed by atoms with van der Waals surface area (Å²) in [5.74, 6) is 0.603. The second kappa shape index (κ2) is 9.52. The van der Waals surface area contributed by atoms with Gasteiger partial charge >= 0.3 is 0 Å². The number of guanidine groups is 1. The Kier molecular flexibility index (Phi) is 7.38. The van der Waals surface area contributed by atoms with Crippen LogP contribution in [0.3, 0.4) is 0 Å². The number of halogens is 1. The fraction of sp³-hybridized carbons (Fsp3) is 0.579. The van der Waals surface area contributed by atoms with Gasteiger partial charge in [0.2, 0.25) is 5.91 Å². The van der Waals surface area contributed by atoms with E-state index in [9.17, 15) is 9.18 Å². The largest absolute Gasteiger partial charge is 0.375 e. The van der Waals surface area contributed by atoms with E-state index in [0.717, 1.165) is 18.5 Å². The van der Waals surface area contributed by atoms with Crippen LogP contribution in [-0.4, -0.2) is 56.6 Å². The van der Waals surface area contributed by atoms with Gasteiger partial charge in [0.05, 0.1) is 6.10 Å². The molecule has 2 atom stereocenters. The quantitative estimate of drug-likeness (QED) is 0.598. The first kappa shape index (κ1) is 20.2. The molecule has 1 aromatic rings. The zero-order valence-corrected chi connectivity index (χ0v) is 16.0. The summed E-state index contributed by atoms with van der Waals surface area (Å²) in [5.41, 5.74) is 0.895. The van der Waals surface area contributed by atoms with Crippen molar-refractivity contribution in [3.05, 3.63) is 35.6 Å². The molecule has 0 spiro atoms. The molecule has 1 aromatic carbocycles. The van der Waals surface area contributed by atoms with Crippen LogP contribution in [0.15, 0.2) is 29.3 Å². The predicted octanol–water partition coefficient (Wildman–Crippen LogP) is 1.94. The van der Waals surface area contributed by atoms with Crippen LogP contribution in [0.25, 0.3) is 0 Å². The fourth-order valence-corrected chi connectivity index (χ4v) is 3.04. The molecule has 1 aliphatic heterocycles. The van der Waals surface area contributed by atoms with Crippen LogP contribution < -0.4 is 10.6 Å². The number of amides is 1. The number of carbonyl (C=O) groups excluding carboxylic acids is 1. The van der Waals surface area contributed by atoms with Crippen molar-refractivity contribution in [3.63, 3.8) is 0 Å². The number of rotatable bonds is 6. The molecule has 2 N–H and O–H groups in total. The lowest BCUT2D eigenvalue weighted by Gasteiger charge is -2.22. The summed E-state index contributed by atoms with van der Waals surface area (Å²) in [6, 6.07) is 6.46. The first-order chi connectivity index (χ1) is 12.4. The number of likely N-dealkylation sites (tertiary alicyclic amines) is 1. The molecule has 0 aromatic heterocycles. The van der Waals surface area contributed by atoms with Crippen LogP contribution in [0.1, 0.15) is 31.9 Å². The zero-order valence-electron chi connectivity index (χ0n) is 16.0. The Balaban J connectivity index is 1.86. The average Bonchev–Trinajstić information content (AvgIpc) is 3.10. The molecule has 2 rings (SSSR count). The van der Waals surface area contributed by atoms with Crippen molar-refractivity contribution in [2.24, 2.45) is 10.9 Å². The van der Waals surface area contributed by atoms with Crippen molar-refractivity contribution in [1.29, 1.82) is 0 Å². The van der Waals surface area contributed by atoms with Crippen molar-refractivity contribution in [1.82, 2.24) is 15.5 Å². The van der Waals surface area contributed by atoms with Gasteiger partial charge in [-0.2, -0.15) is 0 Å². The third-order valence-electron chi connectivity index (χ3n) is 4.54. The summed E-state index contributed by atoms with van der Waals surface area (Å²) < 4.78 is 18.6. The van der Waals surface area contributed by atoms with Gasteiger partial charge in [0.25, 0.3) is 0 Å². The van der Waals surface area contributed by atoms with Gasteiger partial charge in [0, 0.05) is 45.8 Å². The van der Waals surface area contributed by atoms with E-state index in [2.05, 4.69) is 15.6 Å². The summed E-state index contributed by atoms with van der Waals surface area (Å²) in [6.45, 7) is 5.79. The van der Waals surface area contributed by atoms with Crippen LogP contribution in [-0.2, 0) is 9.53 Å². The lowest BCUT2D eigenvalue weighted by Crippen LogP contribution is -2.46. The minimum atomic E-state index is -0.268. The highest BCUT2D eigenvalue weighted by Crippen LogP contribution is 2.16. The number of carbonyl (C=O) groups is 1. The van der Waals surface area contributed by atoms with Crippen molar-refractivity contribution in [3.8, 4) is 0 Å². The Hall–Kier alpha value is -2.15. The predicted molar refractivity (Wildman–Crippen MR) is 100 cm³/mol. The van der Waals surface area contributed by atoms with E-state index in [1.54, 1.807) is 26.3 Å². The molecule has 1 heterocycles. The summed E-state index contributed by atoms with van der Waals surface area (Å²) >= 11 is 0. The molecule has 6 nitrogen and oxygen atoms in total. The van der Waals surface area contributed by atoms with Crippen molar-refractivity contribution < 1.29 is 13.9 Å². The van der Waals surface area contributed by atoms with E-state index in [0.29, 0.717) is 19.0 Å². The van der Waals surface area contributed by atoms with Gasteiger partial charge in [0.15, 0.2) is 5.96 Å². The summed E-state index contributed by atoms with van der Waals surface area (Å²) in [6.07, 6.45) is 0.682. The second-order valence-electron chi connectivity index (χ2n) is 6.80. The highest BCUT2D eigenvalue weighted by atomic mass is 19.1. The molecular formula is C19H29FN4O2. The molecule has 1 amide bonds. The summed E-state index contributed by atoms with van der Waals surface area (Å²) in [5, 5.41) is 6.60. The highest BCUT2D eigenvalue weighted by Gasteiger charge is 2.28. The molecule has 26 heavy (non-hydrogen) atoms. The monoisotopic (exact) mass is 364 g/mol. The Morgan fingerprint density at radius 1 is 1.38 bits per heavy atom. The van der Waals surface area contributed by atoms with E-state index in [-0.39, 0.29) is 29.8 Å². The molecule has 1 saturated heterocycles. The molecule has 0 saturated carbocycles. The van der Waals surface area contributed by atoms with E-state index in [4.69, 9.17) is 4.74 Å². The number of nitrogens with zero attached hydrogens (tertiary/aromatic N) is 2. The topological polar surface area (TPSA) is 66.0 Å². The van der Waals surface area contributed by atoms with Crippen molar-refractivity contribution in [2.75, 3.05) is 33.8 Å². The number of aliphatic imine (C=N–C) groups is 1. The van der Waals surface area contributed by atoms with Gasteiger partial charge in [-0.25, -0.2) is 4.39 Å². The van der Waals surface area contributed by atoms with E-state index < -0.39 is 0 Å². The van der Waals surface area contributed by atoms with E-state index in [1.807, 2.05) is 18.7 Å². The Bertz CT molecular complexity index is 618. The van der Waals surface area contributed by atoms with Crippen LogP contribution in [0.5, 0.6) is 0 Å². The Labute approximate surface area is 154 Å². The third-order valence-corrected chi connectivity index (χ3v) is 4.54. The van der Waals surface area contributed by atoms with Crippen LogP contribution in [0.2, 0.25) is 0 Å². The highest BCUT2D eigenvalue weighted by molar-refractivity contribution is 5.81. The zero-order chi connectivity index (χ0) is 19.1. The maximum absolute atomic E-state index is 13.1. The molecule has 144 valence electrons. The lowest BCUT2D eigenvalue weighted by molar-refractivity contribution is -0.133. The second-order valence-corrected chi connectivity index (χ2v) is 6.80. The molecule has 0 radical (unpaired) electrons. The smallest absolute Gasteiger partial charge is 0.225 e. The van der Waals surface area contributed by atoms with E-state index >= 15 is 0 Å². The number of benzene rings is 1. The van der Waals surface area contributed by atoms with Gasteiger partial charge in [-0.3, -0.25) is 9.79 Å². The molecule has 0 bridgehead atoms.